The van der Waals surface area contributed by atoms with Crippen molar-refractivity contribution in [1.29, 1.82) is 0 Å². The third-order valence-corrected chi connectivity index (χ3v) is 4.91. The van der Waals surface area contributed by atoms with Gasteiger partial charge in [-0.3, -0.25) is 9.59 Å². The van der Waals surface area contributed by atoms with Crippen LogP contribution in [-0.4, -0.2) is 22.0 Å². The van der Waals surface area contributed by atoms with Gasteiger partial charge in [0.2, 0.25) is 5.91 Å². The zero-order valence-corrected chi connectivity index (χ0v) is 16.3. The first-order chi connectivity index (χ1) is 13.5. The average molecular weight is 395 g/mol. The molecule has 0 unspecified atom stereocenters. The second-order valence-corrected chi connectivity index (χ2v) is 7.17. The van der Waals surface area contributed by atoms with E-state index in [1.165, 1.54) is 16.9 Å². The lowest BCUT2D eigenvalue weighted by Gasteiger charge is -2.05. The van der Waals surface area contributed by atoms with Crippen molar-refractivity contribution in [3.05, 3.63) is 70.7 Å². The number of rotatable bonds is 8. The number of anilines is 3. The number of nitrogens with one attached hydrogen (secondary N) is 2. The quantitative estimate of drug-likeness (QED) is 0.530. The van der Waals surface area contributed by atoms with E-state index >= 15 is 0 Å². The Bertz CT molecular complexity index is 950. The molecule has 3 aromatic rings. The molecule has 3 rings (SSSR count). The Morgan fingerprint density at radius 2 is 1.61 bits per heavy atom. The molecule has 0 saturated heterocycles. The fourth-order valence-electron chi connectivity index (χ4n) is 2.64. The number of carbonyl (C=O) groups excluding carboxylic acids is 1. The first-order valence-corrected chi connectivity index (χ1v) is 9.80. The minimum Gasteiger partial charge on any atom is -0.481 e. The second-order valence-electron chi connectivity index (χ2n) is 6.31. The van der Waals surface area contributed by atoms with Gasteiger partial charge in [0.1, 0.15) is 0 Å². The van der Waals surface area contributed by atoms with E-state index in [9.17, 15) is 9.59 Å². The first kappa shape index (κ1) is 19.6. The molecule has 0 fully saturated rings. The predicted octanol–water partition coefficient (Wildman–Crippen LogP) is 4.26. The number of hydrogen-bond donors (Lipinski definition) is 3. The topological polar surface area (TPSA) is 91.3 Å². The van der Waals surface area contributed by atoms with E-state index in [1.807, 2.05) is 17.5 Å². The molecule has 0 aliphatic carbocycles. The van der Waals surface area contributed by atoms with Gasteiger partial charge in [0.15, 0.2) is 5.13 Å². The Hall–Kier alpha value is -3.19. The Labute approximate surface area is 167 Å². The maximum atomic E-state index is 12.2. The summed E-state index contributed by atoms with van der Waals surface area (Å²) in [5.41, 5.74) is 4.25. The summed E-state index contributed by atoms with van der Waals surface area (Å²) in [6.45, 7) is 2.12. The molecule has 0 aliphatic rings. The summed E-state index contributed by atoms with van der Waals surface area (Å²) in [6.07, 6.45) is 1.13. The molecule has 144 valence electrons. The van der Waals surface area contributed by atoms with Crippen molar-refractivity contribution in [2.24, 2.45) is 0 Å². The summed E-state index contributed by atoms with van der Waals surface area (Å²) < 4.78 is 0. The highest BCUT2D eigenvalue weighted by molar-refractivity contribution is 7.13. The van der Waals surface area contributed by atoms with Crippen LogP contribution in [0.3, 0.4) is 0 Å². The largest absolute Gasteiger partial charge is 0.481 e. The van der Waals surface area contributed by atoms with Crippen molar-refractivity contribution in [2.45, 2.75) is 26.2 Å². The number of thiazole rings is 1. The van der Waals surface area contributed by atoms with Crippen LogP contribution < -0.4 is 10.6 Å². The van der Waals surface area contributed by atoms with E-state index in [0.29, 0.717) is 16.9 Å². The maximum absolute atomic E-state index is 12.2. The van der Waals surface area contributed by atoms with Gasteiger partial charge in [-0.1, -0.05) is 31.2 Å². The molecule has 28 heavy (non-hydrogen) atoms. The highest BCUT2D eigenvalue weighted by Gasteiger charge is 2.09. The Morgan fingerprint density at radius 1 is 0.964 bits per heavy atom. The van der Waals surface area contributed by atoms with Crippen molar-refractivity contribution in [3.63, 3.8) is 0 Å². The summed E-state index contributed by atoms with van der Waals surface area (Å²) in [4.78, 5) is 27.4. The summed E-state index contributed by atoms with van der Waals surface area (Å²) >= 11 is 1.45. The first-order valence-electron chi connectivity index (χ1n) is 8.93. The lowest BCUT2D eigenvalue weighted by atomic mass is 10.1. The number of nitrogens with zero attached hydrogens (tertiary/aromatic N) is 1. The van der Waals surface area contributed by atoms with Crippen LogP contribution >= 0.6 is 11.3 Å². The molecule has 0 aliphatic heterocycles. The van der Waals surface area contributed by atoms with Gasteiger partial charge in [-0.25, -0.2) is 4.98 Å². The number of benzene rings is 2. The number of carboxylic acids is 1. The number of hydrogen-bond acceptors (Lipinski definition) is 5. The van der Waals surface area contributed by atoms with Crippen LogP contribution in [0.2, 0.25) is 0 Å². The van der Waals surface area contributed by atoms with Crippen molar-refractivity contribution in [3.8, 4) is 0 Å². The molecule has 0 radical (unpaired) electrons. The van der Waals surface area contributed by atoms with Crippen LogP contribution in [0.15, 0.2) is 53.9 Å². The Morgan fingerprint density at radius 3 is 2.25 bits per heavy atom. The van der Waals surface area contributed by atoms with E-state index in [0.717, 1.165) is 17.2 Å². The highest BCUT2D eigenvalue weighted by Crippen LogP contribution is 2.22. The molecule has 0 saturated carbocycles. The van der Waals surface area contributed by atoms with Gasteiger partial charge in [-0.15, -0.1) is 11.3 Å². The molecule has 2 aromatic carbocycles. The number of aliphatic carboxylic acids is 1. The van der Waals surface area contributed by atoms with E-state index in [1.54, 1.807) is 24.3 Å². The summed E-state index contributed by atoms with van der Waals surface area (Å²) in [7, 11) is 0. The maximum Gasteiger partial charge on any atom is 0.307 e. The van der Waals surface area contributed by atoms with Crippen molar-refractivity contribution in [2.75, 3.05) is 10.6 Å². The standard InChI is InChI=1S/C21H21N3O3S/c1-2-14-3-7-17(8-4-14)23-21-24-18(13-28-21)12-19(25)22-16-9-5-15(6-10-16)11-20(26)27/h3-10,13H,2,11-12H2,1H3,(H,22,25)(H,23,24)(H,26,27). The molecule has 7 heteroatoms. The number of amides is 1. The third kappa shape index (κ3) is 5.65. The van der Waals surface area contributed by atoms with Gasteiger partial charge in [0.25, 0.3) is 0 Å². The molecule has 1 aromatic heterocycles. The van der Waals surface area contributed by atoms with Gasteiger partial charge in [0.05, 0.1) is 18.5 Å². The lowest BCUT2D eigenvalue weighted by Crippen LogP contribution is -2.14. The van der Waals surface area contributed by atoms with E-state index in [2.05, 4.69) is 34.7 Å². The van der Waals surface area contributed by atoms with Gasteiger partial charge in [-0.05, 0) is 41.8 Å². The van der Waals surface area contributed by atoms with Crippen molar-refractivity contribution in [1.82, 2.24) is 4.98 Å². The molecular formula is C21H21N3O3S. The fraction of sp³-hybridized carbons (Fsp3) is 0.190. The molecule has 0 atom stereocenters. The average Bonchev–Trinajstić information content (AvgIpc) is 3.10. The highest BCUT2D eigenvalue weighted by atomic mass is 32.1. The molecule has 1 heterocycles. The third-order valence-electron chi connectivity index (χ3n) is 4.10. The minimum atomic E-state index is -0.883. The number of carboxylic acid groups (broad SMARTS) is 1. The van der Waals surface area contributed by atoms with Gasteiger partial charge in [0, 0.05) is 16.8 Å². The normalized spacial score (nSPS) is 10.5. The van der Waals surface area contributed by atoms with Crippen LogP contribution in [0.4, 0.5) is 16.5 Å². The van der Waals surface area contributed by atoms with E-state index < -0.39 is 5.97 Å². The number of aromatic nitrogens is 1. The summed E-state index contributed by atoms with van der Waals surface area (Å²) in [5.74, 6) is -1.05. The Balaban J connectivity index is 1.53. The smallest absolute Gasteiger partial charge is 0.307 e. The van der Waals surface area contributed by atoms with Crippen molar-refractivity contribution >= 4 is 39.7 Å². The summed E-state index contributed by atoms with van der Waals surface area (Å²) in [6, 6.07) is 15.0. The fourth-order valence-corrected chi connectivity index (χ4v) is 3.37. The van der Waals surface area contributed by atoms with Crippen LogP contribution in [0.1, 0.15) is 23.7 Å². The van der Waals surface area contributed by atoms with Gasteiger partial charge >= 0.3 is 5.97 Å². The van der Waals surface area contributed by atoms with Crippen LogP contribution in [-0.2, 0) is 28.9 Å². The zero-order chi connectivity index (χ0) is 19.9. The molecular weight excluding hydrogens is 374 g/mol. The second kappa shape index (κ2) is 9.14. The number of aryl methyl sites for hydroxylation is 1. The molecule has 1 amide bonds. The van der Waals surface area contributed by atoms with Gasteiger partial charge in [-0.2, -0.15) is 0 Å². The molecule has 6 nitrogen and oxygen atoms in total. The van der Waals surface area contributed by atoms with E-state index in [4.69, 9.17) is 5.11 Å². The number of carbonyl (C=O) groups is 2. The monoisotopic (exact) mass is 395 g/mol. The lowest BCUT2D eigenvalue weighted by molar-refractivity contribution is -0.136. The zero-order valence-electron chi connectivity index (χ0n) is 15.4. The van der Waals surface area contributed by atoms with Crippen molar-refractivity contribution < 1.29 is 14.7 Å². The van der Waals surface area contributed by atoms with Gasteiger partial charge < -0.3 is 15.7 Å². The molecule has 3 N–H and O–H groups in total. The van der Waals surface area contributed by atoms with Crippen LogP contribution in [0.25, 0.3) is 0 Å². The SMILES string of the molecule is CCc1ccc(Nc2nc(CC(=O)Nc3ccc(CC(=O)O)cc3)cs2)cc1. The minimum absolute atomic E-state index is 0.0377. The van der Waals surface area contributed by atoms with E-state index in [-0.39, 0.29) is 18.7 Å². The predicted molar refractivity (Wildman–Crippen MR) is 111 cm³/mol. The van der Waals surface area contributed by atoms with Crippen LogP contribution in [0.5, 0.6) is 0 Å². The summed E-state index contributed by atoms with van der Waals surface area (Å²) in [5, 5.41) is 17.4. The van der Waals surface area contributed by atoms with Crippen LogP contribution in [0, 0.1) is 0 Å². The Kier molecular flexibility index (Phi) is 6.39. The molecule has 0 spiro atoms. The molecule has 0 bridgehead atoms.